The van der Waals surface area contributed by atoms with Gasteiger partial charge in [0.2, 0.25) is 0 Å². The number of aliphatic imine (C=N–C) groups is 1. The summed E-state index contributed by atoms with van der Waals surface area (Å²) in [6.45, 7) is 4.31. The minimum absolute atomic E-state index is 0.170. The molecule has 1 heterocycles. The SMILES string of the molecule is C=CCc1cc(/C=C2/SC(=Nc3ccccc3)N(Cc3ccc(C(=O)O)cc3)C2=O)cc(OC)c1OCc1ccc(F)cc1. The van der Waals surface area contributed by atoms with Crippen molar-refractivity contribution in [2.75, 3.05) is 7.11 Å². The second-order valence-corrected chi connectivity index (χ2v) is 10.9. The summed E-state index contributed by atoms with van der Waals surface area (Å²) in [5, 5.41) is 9.76. The van der Waals surface area contributed by atoms with Crippen LogP contribution < -0.4 is 9.47 Å². The van der Waals surface area contributed by atoms with E-state index in [1.54, 1.807) is 54.5 Å². The number of hydrogen-bond acceptors (Lipinski definition) is 6. The summed E-state index contributed by atoms with van der Waals surface area (Å²) in [6, 6.07) is 25.6. The molecule has 1 aliphatic heterocycles. The van der Waals surface area contributed by atoms with E-state index in [-0.39, 0.29) is 30.4 Å². The zero-order valence-corrected chi connectivity index (χ0v) is 24.7. The minimum atomic E-state index is -1.01. The third-order valence-electron chi connectivity index (χ3n) is 6.74. The molecule has 7 nitrogen and oxygen atoms in total. The Balaban J connectivity index is 1.47. The first-order chi connectivity index (χ1) is 21.3. The summed E-state index contributed by atoms with van der Waals surface area (Å²) in [6.07, 6.45) is 4.04. The van der Waals surface area contributed by atoms with Gasteiger partial charge in [-0.2, -0.15) is 0 Å². The topological polar surface area (TPSA) is 88.4 Å². The molecular weight excluding hydrogens is 579 g/mol. The summed E-state index contributed by atoms with van der Waals surface area (Å²) in [4.78, 5) is 31.9. The molecule has 1 fully saturated rings. The van der Waals surface area contributed by atoms with Crippen LogP contribution in [0.2, 0.25) is 0 Å². The number of rotatable bonds is 11. The van der Waals surface area contributed by atoms with Crippen LogP contribution in [0, 0.1) is 5.82 Å². The summed E-state index contributed by atoms with van der Waals surface area (Å²) >= 11 is 1.26. The van der Waals surface area contributed by atoms with Crippen LogP contribution in [0.15, 0.2) is 114 Å². The van der Waals surface area contributed by atoms with Crippen LogP contribution in [-0.4, -0.2) is 34.2 Å². The Hall–Kier alpha value is -5.15. The number of carboxylic acid groups (broad SMARTS) is 1. The smallest absolute Gasteiger partial charge is 0.335 e. The molecule has 0 unspecified atom stereocenters. The van der Waals surface area contributed by atoms with Crippen molar-refractivity contribution in [1.82, 2.24) is 4.90 Å². The molecule has 1 N–H and O–H groups in total. The monoisotopic (exact) mass is 608 g/mol. The van der Waals surface area contributed by atoms with Crippen LogP contribution in [0.25, 0.3) is 6.08 Å². The van der Waals surface area contributed by atoms with Gasteiger partial charge < -0.3 is 14.6 Å². The molecule has 1 saturated heterocycles. The van der Waals surface area contributed by atoms with Crippen molar-refractivity contribution in [2.45, 2.75) is 19.6 Å². The van der Waals surface area contributed by atoms with E-state index in [0.717, 1.165) is 22.3 Å². The van der Waals surface area contributed by atoms with Crippen LogP contribution in [0.4, 0.5) is 10.1 Å². The van der Waals surface area contributed by atoms with Crippen LogP contribution in [0.5, 0.6) is 11.5 Å². The predicted octanol–water partition coefficient (Wildman–Crippen LogP) is 7.64. The van der Waals surface area contributed by atoms with E-state index in [4.69, 9.17) is 14.5 Å². The highest BCUT2D eigenvalue weighted by atomic mass is 32.2. The number of allylic oxidation sites excluding steroid dienone is 1. The second-order valence-electron chi connectivity index (χ2n) is 9.85. The number of nitrogens with zero attached hydrogens (tertiary/aromatic N) is 2. The Morgan fingerprint density at radius 2 is 1.73 bits per heavy atom. The highest BCUT2D eigenvalue weighted by molar-refractivity contribution is 8.18. The Kier molecular flexibility index (Phi) is 9.56. The van der Waals surface area contributed by atoms with E-state index in [9.17, 15) is 19.1 Å². The number of methoxy groups -OCH3 is 1. The molecular formula is C35H29FN2O5S. The molecule has 5 rings (SSSR count). The number of para-hydroxylation sites is 1. The summed E-state index contributed by atoms with van der Waals surface area (Å²) in [5.74, 6) is -0.529. The van der Waals surface area contributed by atoms with E-state index in [1.165, 1.54) is 36.0 Å². The number of carbonyl (C=O) groups is 2. The molecule has 0 aliphatic carbocycles. The van der Waals surface area contributed by atoms with Gasteiger partial charge >= 0.3 is 5.97 Å². The first-order valence-corrected chi connectivity index (χ1v) is 14.5. The van der Waals surface area contributed by atoms with Crippen molar-refractivity contribution in [3.63, 3.8) is 0 Å². The highest BCUT2D eigenvalue weighted by Gasteiger charge is 2.33. The van der Waals surface area contributed by atoms with Crippen molar-refractivity contribution in [3.8, 4) is 11.5 Å². The minimum Gasteiger partial charge on any atom is -0.493 e. The van der Waals surface area contributed by atoms with Gasteiger partial charge in [0, 0.05) is 5.56 Å². The number of carbonyl (C=O) groups excluding carboxylic acids is 1. The predicted molar refractivity (Wildman–Crippen MR) is 171 cm³/mol. The van der Waals surface area contributed by atoms with Gasteiger partial charge in [0.1, 0.15) is 12.4 Å². The highest BCUT2D eigenvalue weighted by Crippen LogP contribution is 2.38. The Labute approximate surface area is 259 Å². The molecule has 0 saturated carbocycles. The van der Waals surface area contributed by atoms with E-state index in [1.807, 2.05) is 36.4 Å². The Bertz CT molecular complexity index is 1740. The fourth-order valence-electron chi connectivity index (χ4n) is 4.56. The number of amides is 1. The number of aromatic carboxylic acids is 1. The lowest BCUT2D eigenvalue weighted by molar-refractivity contribution is -0.122. The lowest BCUT2D eigenvalue weighted by Crippen LogP contribution is -2.28. The lowest BCUT2D eigenvalue weighted by atomic mass is 10.0. The first kappa shape index (κ1) is 30.3. The van der Waals surface area contributed by atoms with Gasteiger partial charge in [-0.1, -0.05) is 48.5 Å². The van der Waals surface area contributed by atoms with Gasteiger partial charge in [0.05, 0.1) is 29.8 Å². The molecule has 4 aromatic carbocycles. The number of amidine groups is 1. The molecule has 44 heavy (non-hydrogen) atoms. The van der Waals surface area contributed by atoms with E-state index in [0.29, 0.717) is 33.7 Å². The fourth-order valence-corrected chi connectivity index (χ4v) is 5.55. The van der Waals surface area contributed by atoms with Gasteiger partial charge in [0.25, 0.3) is 5.91 Å². The third kappa shape index (κ3) is 7.25. The second kappa shape index (κ2) is 13.9. The van der Waals surface area contributed by atoms with Crippen molar-refractivity contribution in [2.24, 2.45) is 4.99 Å². The van der Waals surface area contributed by atoms with Gasteiger partial charge in [-0.15, -0.1) is 6.58 Å². The van der Waals surface area contributed by atoms with Crippen molar-refractivity contribution >= 4 is 40.6 Å². The zero-order chi connectivity index (χ0) is 31.1. The molecule has 0 aromatic heterocycles. The molecule has 0 spiro atoms. The van der Waals surface area contributed by atoms with Crippen molar-refractivity contribution < 1.29 is 28.6 Å². The number of ether oxygens (including phenoxy) is 2. The molecule has 0 atom stereocenters. The van der Waals surface area contributed by atoms with E-state index in [2.05, 4.69) is 6.58 Å². The van der Waals surface area contributed by atoms with Crippen LogP contribution in [0.3, 0.4) is 0 Å². The molecule has 1 amide bonds. The fraction of sp³-hybridized carbons (Fsp3) is 0.114. The van der Waals surface area contributed by atoms with Crippen LogP contribution in [0.1, 0.15) is 32.6 Å². The van der Waals surface area contributed by atoms with Gasteiger partial charge in [-0.05, 0) is 89.5 Å². The van der Waals surface area contributed by atoms with E-state index >= 15 is 0 Å². The molecule has 4 aromatic rings. The van der Waals surface area contributed by atoms with Gasteiger partial charge in [-0.25, -0.2) is 14.2 Å². The molecule has 1 aliphatic rings. The van der Waals surface area contributed by atoms with Gasteiger partial charge in [0.15, 0.2) is 16.7 Å². The summed E-state index contributed by atoms with van der Waals surface area (Å²) in [5.41, 5.74) is 3.99. The summed E-state index contributed by atoms with van der Waals surface area (Å²) < 4.78 is 25.2. The molecule has 0 radical (unpaired) electrons. The Morgan fingerprint density at radius 1 is 1.02 bits per heavy atom. The zero-order valence-electron chi connectivity index (χ0n) is 23.9. The maximum atomic E-state index is 13.8. The largest absolute Gasteiger partial charge is 0.493 e. The number of thioether (sulfide) groups is 1. The van der Waals surface area contributed by atoms with Crippen LogP contribution in [-0.2, 0) is 24.4 Å². The third-order valence-corrected chi connectivity index (χ3v) is 7.75. The Morgan fingerprint density at radius 3 is 2.39 bits per heavy atom. The quantitative estimate of drug-likeness (QED) is 0.139. The lowest BCUT2D eigenvalue weighted by Gasteiger charge is -2.16. The maximum Gasteiger partial charge on any atom is 0.335 e. The number of hydrogen-bond donors (Lipinski definition) is 1. The average molecular weight is 609 g/mol. The molecule has 0 bridgehead atoms. The first-order valence-electron chi connectivity index (χ1n) is 13.7. The number of halogens is 1. The average Bonchev–Trinajstić information content (AvgIpc) is 3.30. The van der Waals surface area contributed by atoms with Crippen molar-refractivity contribution in [3.05, 3.63) is 142 Å². The maximum absolute atomic E-state index is 13.8. The molecule has 222 valence electrons. The normalized spacial score (nSPS) is 14.7. The van der Waals surface area contributed by atoms with Crippen molar-refractivity contribution in [1.29, 1.82) is 0 Å². The summed E-state index contributed by atoms with van der Waals surface area (Å²) in [7, 11) is 1.55. The standard InChI is InChI=1S/C35H29FN2O5S/c1-3-7-27-18-25(19-30(42-2)32(27)43-22-24-12-16-28(36)17-13-24)20-31-33(39)38(21-23-10-14-26(15-11-23)34(40)41)35(44-31)37-29-8-5-4-6-9-29/h3-6,8-20H,1,7,21-22H2,2H3,(H,40,41)/b31-20+,37-35?. The number of benzene rings is 4. The van der Waals surface area contributed by atoms with Gasteiger partial charge in [-0.3, -0.25) is 9.69 Å². The van der Waals surface area contributed by atoms with E-state index < -0.39 is 5.97 Å². The molecule has 9 heteroatoms. The number of carboxylic acids is 1. The van der Waals surface area contributed by atoms with Crippen LogP contribution >= 0.6 is 11.8 Å².